The van der Waals surface area contributed by atoms with E-state index in [1.165, 1.54) is 12.8 Å². The number of ketones is 1. The molecule has 0 spiro atoms. The van der Waals surface area contributed by atoms with Gasteiger partial charge in [-0.1, -0.05) is 61.4 Å². The molecule has 0 amide bonds. The zero-order valence-electron chi connectivity index (χ0n) is 18.0. The number of nitro groups is 1. The molecular formula is C25H31N3O3. The smallest absolute Gasteiger partial charge is 0.274 e. The lowest BCUT2D eigenvalue weighted by atomic mass is 9.87. The molecule has 0 unspecified atom stereocenters. The van der Waals surface area contributed by atoms with Gasteiger partial charge >= 0.3 is 0 Å². The lowest BCUT2D eigenvalue weighted by Gasteiger charge is -2.44. The van der Waals surface area contributed by atoms with Crippen LogP contribution in [-0.4, -0.2) is 52.7 Å². The third-order valence-electron chi connectivity index (χ3n) is 6.65. The average Bonchev–Trinajstić information content (AvgIpc) is 2.83. The van der Waals surface area contributed by atoms with E-state index in [1.807, 2.05) is 42.5 Å². The Kier molecular flexibility index (Phi) is 7.10. The van der Waals surface area contributed by atoms with Crippen LogP contribution >= 0.6 is 0 Å². The van der Waals surface area contributed by atoms with Crippen molar-refractivity contribution in [1.82, 2.24) is 9.80 Å². The largest absolute Gasteiger partial charge is 0.294 e. The van der Waals surface area contributed by atoms with Crippen molar-refractivity contribution in [3.05, 3.63) is 75.8 Å². The van der Waals surface area contributed by atoms with Crippen molar-refractivity contribution in [2.45, 2.75) is 50.6 Å². The Labute approximate surface area is 184 Å². The minimum Gasteiger partial charge on any atom is -0.294 e. The van der Waals surface area contributed by atoms with Gasteiger partial charge < -0.3 is 0 Å². The normalized spacial score (nSPS) is 20.1. The fourth-order valence-electron chi connectivity index (χ4n) is 5.15. The van der Waals surface area contributed by atoms with Gasteiger partial charge in [-0.25, -0.2) is 0 Å². The molecule has 2 saturated heterocycles. The van der Waals surface area contributed by atoms with E-state index in [-0.39, 0.29) is 22.4 Å². The zero-order chi connectivity index (χ0) is 21.6. The van der Waals surface area contributed by atoms with Crippen molar-refractivity contribution in [2.24, 2.45) is 0 Å². The molecule has 2 aliphatic heterocycles. The summed E-state index contributed by atoms with van der Waals surface area (Å²) in [5.74, 6) is 0.0659. The molecule has 0 aromatic heterocycles. The molecular weight excluding hydrogens is 390 g/mol. The van der Waals surface area contributed by atoms with Gasteiger partial charge in [-0.2, -0.15) is 0 Å². The molecule has 164 valence electrons. The predicted octanol–water partition coefficient (Wildman–Crippen LogP) is 4.86. The van der Waals surface area contributed by atoms with Crippen molar-refractivity contribution in [1.29, 1.82) is 0 Å². The summed E-state index contributed by atoms with van der Waals surface area (Å²) in [6.45, 7) is 3.44. The number of hydrogen-bond acceptors (Lipinski definition) is 5. The van der Waals surface area contributed by atoms with Crippen LogP contribution in [0.2, 0.25) is 0 Å². The number of piperidine rings is 2. The van der Waals surface area contributed by atoms with Crippen LogP contribution < -0.4 is 0 Å². The molecule has 0 aliphatic carbocycles. The Morgan fingerprint density at radius 2 is 1.32 bits per heavy atom. The summed E-state index contributed by atoms with van der Waals surface area (Å²) in [5, 5.41) is 11.9. The molecule has 6 nitrogen and oxygen atoms in total. The molecule has 2 atom stereocenters. The first-order valence-electron chi connectivity index (χ1n) is 11.5. The maximum atomic E-state index is 13.9. The Morgan fingerprint density at radius 1 is 0.774 bits per heavy atom. The molecule has 0 N–H and O–H groups in total. The van der Waals surface area contributed by atoms with Crippen LogP contribution in [0, 0.1) is 10.1 Å². The second-order valence-corrected chi connectivity index (χ2v) is 8.63. The molecule has 0 bridgehead atoms. The summed E-state index contributed by atoms with van der Waals surface area (Å²) in [6.07, 6.45) is 6.57. The molecule has 31 heavy (non-hydrogen) atoms. The van der Waals surface area contributed by atoms with Crippen molar-refractivity contribution in [3.63, 3.8) is 0 Å². The third kappa shape index (κ3) is 4.86. The van der Waals surface area contributed by atoms with E-state index in [1.54, 1.807) is 12.1 Å². The van der Waals surface area contributed by atoms with Gasteiger partial charge in [0.25, 0.3) is 5.69 Å². The van der Waals surface area contributed by atoms with Gasteiger partial charge in [0.1, 0.15) is 0 Å². The van der Waals surface area contributed by atoms with Gasteiger partial charge in [0.05, 0.1) is 17.0 Å². The molecule has 2 fully saturated rings. The van der Waals surface area contributed by atoms with E-state index in [2.05, 4.69) is 9.80 Å². The number of nitro benzene ring substituents is 1. The molecule has 6 heteroatoms. The number of likely N-dealkylation sites (tertiary alicyclic amines) is 2. The highest BCUT2D eigenvalue weighted by atomic mass is 16.6. The van der Waals surface area contributed by atoms with Gasteiger partial charge in [0, 0.05) is 17.2 Å². The molecule has 4 rings (SSSR count). The standard InChI is InChI=1S/C25H31N3O3/c29-25(20-12-4-1-5-13-20)24(27-18-10-3-11-19-27)23(26-16-8-2-9-17-26)21-14-6-7-15-22(21)28(30)31/h1,4-7,12-15,23-24H,2-3,8-11,16-19H2/t23-,24+/m1/s1. The van der Waals surface area contributed by atoms with Gasteiger partial charge in [-0.05, 0) is 51.9 Å². The minimum atomic E-state index is -0.429. The summed E-state index contributed by atoms with van der Waals surface area (Å²) in [5.41, 5.74) is 1.45. The fraction of sp³-hybridized carbons (Fsp3) is 0.480. The fourth-order valence-corrected chi connectivity index (χ4v) is 5.15. The van der Waals surface area contributed by atoms with Gasteiger partial charge in [-0.3, -0.25) is 24.7 Å². The highest BCUT2D eigenvalue weighted by Gasteiger charge is 2.41. The van der Waals surface area contributed by atoms with E-state index in [0.29, 0.717) is 11.1 Å². The first-order chi connectivity index (χ1) is 15.2. The molecule has 2 aromatic rings. The van der Waals surface area contributed by atoms with Crippen LogP contribution in [0.4, 0.5) is 5.69 Å². The van der Waals surface area contributed by atoms with Crippen molar-refractivity contribution < 1.29 is 9.72 Å². The van der Waals surface area contributed by atoms with Crippen LogP contribution in [0.1, 0.15) is 60.5 Å². The second-order valence-electron chi connectivity index (χ2n) is 8.63. The average molecular weight is 422 g/mol. The number of para-hydroxylation sites is 1. The SMILES string of the molecule is O=C(c1ccccc1)[C@H]([C@@H](c1ccccc1[N+](=O)[O-])N1CCCCC1)N1CCCCC1. The van der Waals surface area contributed by atoms with Gasteiger partial charge in [0.15, 0.2) is 5.78 Å². The molecule has 2 aromatic carbocycles. The summed E-state index contributed by atoms with van der Waals surface area (Å²) in [4.78, 5) is 30.2. The van der Waals surface area contributed by atoms with Crippen molar-refractivity contribution >= 4 is 11.5 Å². The number of benzene rings is 2. The van der Waals surface area contributed by atoms with Crippen molar-refractivity contribution in [3.8, 4) is 0 Å². The summed E-state index contributed by atoms with van der Waals surface area (Å²) < 4.78 is 0. The Balaban J connectivity index is 1.83. The number of carbonyl (C=O) groups excluding carboxylic acids is 1. The highest BCUT2D eigenvalue weighted by molar-refractivity contribution is 6.00. The van der Waals surface area contributed by atoms with Gasteiger partial charge in [0.2, 0.25) is 0 Å². The molecule has 0 saturated carbocycles. The van der Waals surface area contributed by atoms with Crippen LogP contribution in [0.5, 0.6) is 0 Å². The number of Topliss-reactive ketones (excluding diaryl/α,β-unsaturated/α-hetero) is 1. The minimum absolute atomic E-state index is 0.0659. The maximum Gasteiger partial charge on any atom is 0.274 e. The van der Waals surface area contributed by atoms with E-state index in [0.717, 1.165) is 51.9 Å². The monoisotopic (exact) mass is 421 g/mol. The maximum absolute atomic E-state index is 13.9. The van der Waals surface area contributed by atoms with E-state index < -0.39 is 6.04 Å². The topological polar surface area (TPSA) is 66.7 Å². The van der Waals surface area contributed by atoms with Crippen LogP contribution in [0.15, 0.2) is 54.6 Å². The highest BCUT2D eigenvalue weighted by Crippen LogP contribution is 2.37. The number of carbonyl (C=O) groups is 1. The first kappa shape index (κ1) is 21.7. The van der Waals surface area contributed by atoms with E-state index >= 15 is 0 Å². The van der Waals surface area contributed by atoms with Gasteiger partial charge in [-0.15, -0.1) is 0 Å². The lowest BCUT2D eigenvalue weighted by molar-refractivity contribution is -0.386. The molecule has 2 aliphatic rings. The Hall–Kier alpha value is -2.57. The second kappa shape index (κ2) is 10.2. The Bertz CT molecular complexity index is 890. The van der Waals surface area contributed by atoms with E-state index in [9.17, 15) is 14.9 Å². The summed E-state index contributed by atoms with van der Waals surface area (Å²) in [7, 11) is 0. The van der Waals surface area contributed by atoms with Crippen LogP contribution in [0.3, 0.4) is 0 Å². The van der Waals surface area contributed by atoms with Crippen LogP contribution in [0.25, 0.3) is 0 Å². The first-order valence-corrected chi connectivity index (χ1v) is 11.5. The quantitative estimate of drug-likeness (QED) is 0.363. The molecule has 0 radical (unpaired) electrons. The zero-order valence-corrected chi connectivity index (χ0v) is 18.0. The predicted molar refractivity (Wildman–Crippen MR) is 121 cm³/mol. The van der Waals surface area contributed by atoms with Crippen LogP contribution in [-0.2, 0) is 0 Å². The summed E-state index contributed by atoms with van der Waals surface area (Å²) >= 11 is 0. The third-order valence-corrected chi connectivity index (χ3v) is 6.65. The lowest BCUT2D eigenvalue weighted by Crippen LogP contribution is -2.53. The number of rotatable bonds is 7. The summed E-state index contributed by atoms with van der Waals surface area (Å²) in [6, 6.07) is 15.7. The Morgan fingerprint density at radius 3 is 1.94 bits per heavy atom. The van der Waals surface area contributed by atoms with E-state index in [4.69, 9.17) is 0 Å². The number of hydrogen-bond donors (Lipinski definition) is 0. The van der Waals surface area contributed by atoms with Crippen molar-refractivity contribution in [2.75, 3.05) is 26.2 Å². The molecule has 2 heterocycles. The number of nitrogens with zero attached hydrogens (tertiary/aromatic N) is 3.